The van der Waals surface area contributed by atoms with Gasteiger partial charge < -0.3 is 10.1 Å². The van der Waals surface area contributed by atoms with Crippen molar-refractivity contribution in [3.63, 3.8) is 0 Å². The van der Waals surface area contributed by atoms with Crippen molar-refractivity contribution in [2.45, 2.75) is 84.9 Å². The van der Waals surface area contributed by atoms with Crippen molar-refractivity contribution >= 4 is 6.09 Å². The fraction of sp³-hybridized carbons (Fsp3) is 0.941. The normalized spacial score (nSPS) is 22.1. The molecule has 0 saturated carbocycles. The number of hydrogen-bond donors (Lipinski definition) is 1. The van der Waals surface area contributed by atoms with E-state index in [1.807, 2.05) is 20.8 Å². The Morgan fingerprint density at radius 1 is 1.29 bits per heavy atom. The minimum absolute atomic E-state index is 0.132. The minimum Gasteiger partial charge on any atom is -0.444 e. The number of nitrogens with zero attached hydrogens (tertiary/aromatic N) is 1. The van der Waals surface area contributed by atoms with E-state index in [9.17, 15) is 4.79 Å². The molecule has 0 spiro atoms. The molecule has 0 aliphatic carbocycles. The number of carbonyl (C=O) groups is 1. The van der Waals surface area contributed by atoms with E-state index in [4.69, 9.17) is 4.74 Å². The third-order valence-corrected chi connectivity index (χ3v) is 3.98. The molecule has 1 aliphatic heterocycles. The van der Waals surface area contributed by atoms with Gasteiger partial charge in [0, 0.05) is 12.1 Å². The van der Waals surface area contributed by atoms with Gasteiger partial charge in [-0.1, -0.05) is 20.3 Å². The summed E-state index contributed by atoms with van der Waals surface area (Å²) in [5.74, 6) is 0.724. The predicted octanol–water partition coefficient (Wildman–Crippen LogP) is 3.80. The van der Waals surface area contributed by atoms with E-state index in [-0.39, 0.29) is 12.1 Å². The molecule has 1 amide bonds. The number of amides is 1. The van der Waals surface area contributed by atoms with Crippen molar-refractivity contribution < 1.29 is 9.53 Å². The van der Waals surface area contributed by atoms with Crippen LogP contribution in [0.4, 0.5) is 4.79 Å². The van der Waals surface area contributed by atoms with Crippen molar-refractivity contribution in [1.29, 1.82) is 0 Å². The lowest BCUT2D eigenvalue weighted by atomic mass is 9.95. The van der Waals surface area contributed by atoms with Gasteiger partial charge in [0.25, 0.3) is 0 Å². The molecule has 0 aromatic rings. The first-order valence-corrected chi connectivity index (χ1v) is 8.42. The van der Waals surface area contributed by atoms with Crippen LogP contribution in [0.3, 0.4) is 0 Å². The van der Waals surface area contributed by atoms with Crippen LogP contribution < -0.4 is 5.32 Å². The number of ether oxygens (including phenoxy) is 1. The minimum atomic E-state index is -0.437. The van der Waals surface area contributed by atoms with Gasteiger partial charge in [-0.25, -0.2) is 4.79 Å². The first-order chi connectivity index (χ1) is 9.69. The van der Waals surface area contributed by atoms with Crippen LogP contribution in [0, 0.1) is 5.92 Å². The first kappa shape index (κ1) is 18.3. The molecule has 0 bridgehead atoms. The molecule has 0 aromatic heterocycles. The molecule has 0 radical (unpaired) electrons. The molecule has 2 atom stereocenters. The van der Waals surface area contributed by atoms with E-state index < -0.39 is 5.60 Å². The number of nitrogens with one attached hydrogen (secondary N) is 1. The molecule has 4 nitrogen and oxygen atoms in total. The van der Waals surface area contributed by atoms with E-state index in [2.05, 4.69) is 31.0 Å². The molecule has 4 heteroatoms. The van der Waals surface area contributed by atoms with E-state index >= 15 is 0 Å². The molecule has 0 aromatic carbocycles. The standard InChI is InChI=1S/C17H34N2O2/c1-13(2)10-12-19-11-8-7-9-15(19)14(3)18-16(20)21-17(4,5)6/h13-15H,7-12H2,1-6H3,(H,18,20). The summed E-state index contributed by atoms with van der Waals surface area (Å²) in [7, 11) is 0. The number of piperidine rings is 1. The monoisotopic (exact) mass is 298 g/mol. The molecule has 1 rings (SSSR count). The molecular weight excluding hydrogens is 264 g/mol. The van der Waals surface area contributed by atoms with Crippen molar-refractivity contribution in [3.05, 3.63) is 0 Å². The van der Waals surface area contributed by atoms with Crippen LogP contribution in [0.1, 0.15) is 67.2 Å². The topological polar surface area (TPSA) is 41.6 Å². The summed E-state index contributed by atoms with van der Waals surface area (Å²) in [6.07, 6.45) is 4.60. The van der Waals surface area contributed by atoms with Crippen molar-refractivity contribution in [1.82, 2.24) is 10.2 Å². The van der Waals surface area contributed by atoms with Gasteiger partial charge in [-0.15, -0.1) is 0 Å². The van der Waals surface area contributed by atoms with Gasteiger partial charge in [-0.3, -0.25) is 4.90 Å². The lowest BCUT2D eigenvalue weighted by molar-refractivity contribution is 0.0439. The largest absolute Gasteiger partial charge is 0.444 e. The molecule has 1 saturated heterocycles. The Morgan fingerprint density at radius 3 is 2.52 bits per heavy atom. The lowest BCUT2D eigenvalue weighted by Crippen LogP contribution is -2.53. The van der Waals surface area contributed by atoms with Gasteiger partial charge in [0.15, 0.2) is 0 Å². The Labute approximate surface area is 130 Å². The summed E-state index contributed by atoms with van der Waals surface area (Å²) in [6, 6.07) is 0.567. The second kappa shape index (κ2) is 8.02. The van der Waals surface area contributed by atoms with E-state index in [0.29, 0.717) is 6.04 Å². The van der Waals surface area contributed by atoms with E-state index in [0.717, 1.165) is 25.4 Å². The van der Waals surface area contributed by atoms with Crippen LogP contribution in [0.5, 0.6) is 0 Å². The zero-order valence-corrected chi connectivity index (χ0v) is 14.7. The van der Waals surface area contributed by atoms with Crippen LogP contribution in [0.15, 0.2) is 0 Å². The highest BCUT2D eigenvalue weighted by Gasteiger charge is 2.29. The maximum Gasteiger partial charge on any atom is 0.407 e. The summed E-state index contributed by atoms with van der Waals surface area (Å²) in [4.78, 5) is 14.5. The van der Waals surface area contributed by atoms with Crippen LogP contribution >= 0.6 is 0 Å². The van der Waals surface area contributed by atoms with Crippen LogP contribution in [0.2, 0.25) is 0 Å². The summed E-state index contributed by atoms with van der Waals surface area (Å²) in [6.45, 7) is 14.6. The summed E-state index contributed by atoms with van der Waals surface area (Å²) >= 11 is 0. The van der Waals surface area contributed by atoms with Gasteiger partial charge in [-0.05, 0) is 66.0 Å². The fourth-order valence-corrected chi connectivity index (χ4v) is 2.87. The highest BCUT2D eigenvalue weighted by Crippen LogP contribution is 2.21. The summed E-state index contributed by atoms with van der Waals surface area (Å²) in [5.41, 5.74) is -0.437. The maximum absolute atomic E-state index is 11.9. The number of carbonyl (C=O) groups excluding carboxylic acids is 1. The van der Waals surface area contributed by atoms with Gasteiger partial charge in [0.1, 0.15) is 5.60 Å². The molecule has 124 valence electrons. The van der Waals surface area contributed by atoms with Gasteiger partial charge >= 0.3 is 6.09 Å². The number of rotatable bonds is 5. The quantitative estimate of drug-likeness (QED) is 0.839. The molecule has 1 N–H and O–H groups in total. The van der Waals surface area contributed by atoms with Gasteiger partial charge in [0.2, 0.25) is 0 Å². The predicted molar refractivity (Wildman–Crippen MR) is 87.5 cm³/mol. The Balaban J connectivity index is 2.52. The lowest BCUT2D eigenvalue weighted by Gasteiger charge is -2.39. The molecule has 1 heterocycles. The second-order valence-corrected chi connectivity index (χ2v) is 7.72. The summed E-state index contributed by atoms with van der Waals surface area (Å²) in [5, 5.41) is 3.02. The van der Waals surface area contributed by atoms with E-state index in [1.165, 1.54) is 19.3 Å². The van der Waals surface area contributed by atoms with Crippen molar-refractivity contribution in [3.8, 4) is 0 Å². The SMILES string of the molecule is CC(C)CCN1CCCCC1C(C)NC(=O)OC(C)(C)C. The average Bonchev–Trinajstić information content (AvgIpc) is 2.34. The highest BCUT2D eigenvalue weighted by molar-refractivity contribution is 5.68. The Morgan fingerprint density at radius 2 is 1.95 bits per heavy atom. The molecule has 1 aliphatic rings. The third-order valence-electron chi connectivity index (χ3n) is 3.98. The van der Waals surface area contributed by atoms with Crippen LogP contribution in [-0.4, -0.2) is 41.8 Å². The Kier molecular flexibility index (Phi) is 6.98. The molecule has 2 unspecified atom stereocenters. The summed E-state index contributed by atoms with van der Waals surface area (Å²) < 4.78 is 5.36. The molecular formula is C17H34N2O2. The Hall–Kier alpha value is -0.770. The molecule has 21 heavy (non-hydrogen) atoms. The zero-order valence-electron chi connectivity index (χ0n) is 14.7. The highest BCUT2D eigenvalue weighted by atomic mass is 16.6. The van der Waals surface area contributed by atoms with Gasteiger partial charge in [-0.2, -0.15) is 0 Å². The number of alkyl carbamates (subject to hydrolysis) is 1. The number of likely N-dealkylation sites (tertiary alicyclic amines) is 1. The Bertz CT molecular complexity index is 323. The van der Waals surface area contributed by atoms with Gasteiger partial charge in [0.05, 0.1) is 0 Å². The smallest absolute Gasteiger partial charge is 0.407 e. The maximum atomic E-state index is 11.9. The zero-order chi connectivity index (χ0) is 16.0. The first-order valence-electron chi connectivity index (χ1n) is 8.42. The van der Waals surface area contributed by atoms with E-state index in [1.54, 1.807) is 0 Å². The molecule has 1 fully saturated rings. The third kappa shape index (κ3) is 7.16. The van der Waals surface area contributed by atoms with Crippen LogP contribution in [-0.2, 0) is 4.74 Å². The number of hydrogen-bond acceptors (Lipinski definition) is 3. The second-order valence-electron chi connectivity index (χ2n) is 7.72. The van der Waals surface area contributed by atoms with Crippen molar-refractivity contribution in [2.24, 2.45) is 5.92 Å². The van der Waals surface area contributed by atoms with Crippen LogP contribution in [0.25, 0.3) is 0 Å². The van der Waals surface area contributed by atoms with Crippen molar-refractivity contribution in [2.75, 3.05) is 13.1 Å². The fourth-order valence-electron chi connectivity index (χ4n) is 2.87. The average molecular weight is 298 g/mol.